The molecular formula is C17H23NO3. The lowest BCUT2D eigenvalue weighted by Gasteiger charge is -2.20. The van der Waals surface area contributed by atoms with E-state index in [-0.39, 0.29) is 18.2 Å². The quantitative estimate of drug-likeness (QED) is 0.757. The molecule has 1 fully saturated rings. The number of carboxylic acid groups (broad SMARTS) is 1. The molecule has 4 nitrogen and oxygen atoms in total. The number of rotatable bonds is 7. The number of nitrogens with one attached hydrogen (secondary N) is 1. The Morgan fingerprint density at radius 1 is 1.24 bits per heavy atom. The first kappa shape index (κ1) is 15.7. The van der Waals surface area contributed by atoms with Crippen molar-refractivity contribution < 1.29 is 14.7 Å². The average molecular weight is 289 g/mol. The molecular weight excluding hydrogens is 266 g/mol. The number of aryl methyl sites for hydroxylation is 1. The second-order valence-corrected chi connectivity index (χ2v) is 5.71. The third-order valence-electron chi connectivity index (χ3n) is 4.13. The molecule has 114 valence electrons. The van der Waals surface area contributed by atoms with E-state index in [4.69, 9.17) is 5.11 Å². The second-order valence-electron chi connectivity index (χ2n) is 5.71. The van der Waals surface area contributed by atoms with Crippen LogP contribution in [0.15, 0.2) is 24.3 Å². The molecule has 1 aromatic carbocycles. The van der Waals surface area contributed by atoms with Crippen LogP contribution in [0.1, 0.15) is 54.9 Å². The highest BCUT2D eigenvalue weighted by Crippen LogP contribution is 2.19. The van der Waals surface area contributed by atoms with E-state index >= 15 is 0 Å². The van der Waals surface area contributed by atoms with Gasteiger partial charge in [0.1, 0.15) is 0 Å². The molecule has 0 saturated heterocycles. The molecule has 1 aromatic rings. The van der Waals surface area contributed by atoms with Gasteiger partial charge in [-0.15, -0.1) is 0 Å². The monoisotopic (exact) mass is 289 g/mol. The lowest BCUT2D eigenvalue weighted by Crippen LogP contribution is -2.43. The smallest absolute Gasteiger partial charge is 0.305 e. The summed E-state index contributed by atoms with van der Waals surface area (Å²) in [6.07, 6.45) is 5.11. The number of carboxylic acids is 1. The number of hydrogen-bond donors (Lipinski definition) is 2. The van der Waals surface area contributed by atoms with Crippen molar-refractivity contribution in [3.8, 4) is 0 Å². The zero-order chi connectivity index (χ0) is 15.2. The van der Waals surface area contributed by atoms with Crippen molar-refractivity contribution >= 4 is 11.8 Å². The van der Waals surface area contributed by atoms with E-state index in [1.165, 1.54) is 5.56 Å². The minimum absolute atomic E-state index is 0.119. The number of carbonyl (C=O) groups is 2. The number of ketones is 1. The van der Waals surface area contributed by atoms with E-state index in [1.54, 1.807) is 12.1 Å². The maximum absolute atomic E-state index is 12.5. The van der Waals surface area contributed by atoms with Crippen LogP contribution in [0.25, 0.3) is 0 Å². The molecule has 21 heavy (non-hydrogen) atoms. The first-order valence-electron chi connectivity index (χ1n) is 7.71. The lowest BCUT2D eigenvalue weighted by molar-refractivity contribution is -0.137. The maximum Gasteiger partial charge on any atom is 0.305 e. The van der Waals surface area contributed by atoms with Crippen LogP contribution in [0.2, 0.25) is 0 Å². The van der Waals surface area contributed by atoms with E-state index in [1.807, 2.05) is 12.1 Å². The Bertz CT molecular complexity index is 489. The summed E-state index contributed by atoms with van der Waals surface area (Å²) in [4.78, 5) is 23.6. The summed E-state index contributed by atoms with van der Waals surface area (Å²) in [5.41, 5.74) is 1.76. The molecule has 0 bridgehead atoms. The number of aliphatic carboxylic acids is 1. The first-order valence-corrected chi connectivity index (χ1v) is 7.71. The van der Waals surface area contributed by atoms with Crippen LogP contribution in [-0.4, -0.2) is 28.9 Å². The van der Waals surface area contributed by atoms with Gasteiger partial charge in [0, 0.05) is 11.6 Å². The molecule has 0 heterocycles. The molecule has 0 amide bonds. The van der Waals surface area contributed by atoms with Gasteiger partial charge in [-0.05, 0) is 24.8 Å². The van der Waals surface area contributed by atoms with Gasteiger partial charge in [0.2, 0.25) is 0 Å². The van der Waals surface area contributed by atoms with E-state index in [2.05, 4.69) is 12.2 Å². The van der Waals surface area contributed by atoms with Gasteiger partial charge in [0.05, 0.1) is 12.5 Å². The molecule has 4 heteroatoms. The van der Waals surface area contributed by atoms with Crippen LogP contribution in [-0.2, 0) is 11.2 Å². The van der Waals surface area contributed by atoms with E-state index in [0.717, 1.165) is 32.1 Å². The fraction of sp³-hybridized carbons (Fsp3) is 0.529. The number of benzene rings is 1. The van der Waals surface area contributed by atoms with Crippen molar-refractivity contribution in [2.45, 2.75) is 57.5 Å². The molecule has 1 aliphatic carbocycles. The van der Waals surface area contributed by atoms with Gasteiger partial charge >= 0.3 is 5.97 Å². The summed E-state index contributed by atoms with van der Waals surface area (Å²) in [6.45, 7) is 2.06. The molecule has 0 aliphatic heterocycles. The Hall–Kier alpha value is -1.68. The van der Waals surface area contributed by atoms with Gasteiger partial charge in [0.15, 0.2) is 5.78 Å². The summed E-state index contributed by atoms with van der Waals surface area (Å²) < 4.78 is 0. The number of Topliss-reactive ketones (excluding diaryl/α,β-unsaturated/α-hetero) is 1. The van der Waals surface area contributed by atoms with Crippen molar-refractivity contribution in [2.75, 3.05) is 0 Å². The summed E-state index contributed by atoms with van der Waals surface area (Å²) in [5.74, 6) is -1.06. The molecule has 2 N–H and O–H groups in total. The highest BCUT2D eigenvalue weighted by Gasteiger charge is 2.27. The Morgan fingerprint density at radius 2 is 1.86 bits per heavy atom. The van der Waals surface area contributed by atoms with Crippen LogP contribution in [0.5, 0.6) is 0 Å². The van der Waals surface area contributed by atoms with Crippen LogP contribution in [0, 0.1) is 0 Å². The SMILES string of the molecule is CCc1ccc(C(=O)C(CC(=O)O)NC2CCCC2)cc1. The Morgan fingerprint density at radius 3 is 2.38 bits per heavy atom. The third kappa shape index (κ3) is 4.39. The zero-order valence-corrected chi connectivity index (χ0v) is 12.5. The van der Waals surface area contributed by atoms with Gasteiger partial charge in [-0.3, -0.25) is 9.59 Å². The lowest BCUT2D eigenvalue weighted by atomic mass is 9.99. The van der Waals surface area contributed by atoms with Crippen molar-refractivity contribution in [3.63, 3.8) is 0 Å². The summed E-state index contributed by atoms with van der Waals surface area (Å²) in [7, 11) is 0. The van der Waals surface area contributed by atoms with Crippen LogP contribution >= 0.6 is 0 Å². The highest BCUT2D eigenvalue weighted by atomic mass is 16.4. The molecule has 1 aliphatic rings. The molecule has 1 saturated carbocycles. The maximum atomic E-state index is 12.5. The highest BCUT2D eigenvalue weighted by molar-refractivity contribution is 6.01. The third-order valence-corrected chi connectivity index (χ3v) is 4.13. The molecule has 2 rings (SSSR count). The predicted molar refractivity (Wildman–Crippen MR) is 81.6 cm³/mol. The summed E-state index contributed by atoms with van der Waals surface area (Å²) in [6, 6.07) is 7.10. The largest absolute Gasteiger partial charge is 0.481 e. The van der Waals surface area contributed by atoms with E-state index < -0.39 is 12.0 Å². The molecule has 1 atom stereocenters. The van der Waals surface area contributed by atoms with Gasteiger partial charge in [-0.25, -0.2) is 0 Å². The summed E-state index contributed by atoms with van der Waals surface area (Å²) >= 11 is 0. The van der Waals surface area contributed by atoms with Crippen LogP contribution in [0.3, 0.4) is 0 Å². The Balaban J connectivity index is 2.09. The van der Waals surface area contributed by atoms with Crippen LogP contribution in [0.4, 0.5) is 0 Å². The van der Waals surface area contributed by atoms with E-state index in [9.17, 15) is 9.59 Å². The van der Waals surface area contributed by atoms with Gasteiger partial charge in [-0.2, -0.15) is 0 Å². The average Bonchev–Trinajstić information content (AvgIpc) is 2.98. The number of carbonyl (C=O) groups excluding carboxylic acids is 1. The van der Waals surface area contributed by atoms with Crippen LogP contribution < -0.4 is 5.32 Å². The molecule has 1 unspecified atom stereocenters. The fourth-order valence-corrected chi connectivity index (χ4v) is 2.88. The topological polar surface area (TPSA) is 66.4 Å². The number of hydrogen-bond acceptors (Lipinski definition) is 3. The Labute approximate surface area is 125 Å². The van der Waals surface area contributed by atoms with Gasteiger partial charge in [-0.1, -0.05) is 44.0 Å². The van der Waals surface area contributed by atoms with Gasteiger partial charge in [0.25, 0.3) is 0 Å². The zero-order valence-electron chi connectivity index (χ0n) is 12.5. The van der Waals surface area contributed by atoms with Crippen molar-refractivity contribution in [1.82, 2.24) is 5.32 Å². The Kier molecular flexibility index (Phi) is 5.51. The minimum atomic E-state index is -0.941. The molecule has 0 aromatic heterocycles. The first-order chi connectivity index (χ1) is 10.1. The molecule has 0 radical (unpaired) electrons. The minimum Gasteiger partial charge on any atom is -0.481 e. The standard InChI is InChI=1S/C17H23NO3/c1-2-12-7-9-13(10-8-12)17(21)15(11-16(19)20)18-14-5-3-4-6-14/h7-10,14-15,18H,2-6,11H2,1H3,(H,19,20). The molecule has 0 spiro atoms. The normalized spacial score (nSPS) is 16.8. The second kappa shape index (κ2) is 7.36. The van der Waals surface area contributed by atoms with Crippen molar-refractivity contribution in [3.05, 3.63) is 35.4 Å². The van der Waals surface area contributed by atoms with Crippen molar-refractivity contribution in [1.29, 1.82) is 0 Å². The summed E-state index contributed by atoms with van der Waals surface area (Å²) in [5, 5.41) is 12.3. The van der Waals surface area contributed by atoms with E-state index in [0.29, 0.717) is 5.56 Å². The fourth-order valence-electron chi connectivity index (χ4n) is 2.88. The van der Waals surface area contributed by atoms with Gasteiger partial charge < -0.3 is 10.4 Å². The predicted octanol–water partition coefficient (Wildman–Crippen LogP) is 2.81. The van der Waals surface area contributed by atoms with Crippen molar-refractivity contribution in [2.24, 2.45) is 0 Å².